The van der Waals surface area contributed by atoms with Crippen molar-refractivity contribution >= 4 is 11.8 Å². The predicted octanol–water partition coefficient (Wildman–Crippen LogP) is 2.53. The summed E-state index contributed by atoms with van der Waals surface area (Å²) in [5.74, 6) is -0.692. The van der Waals surface area contributed by atoms with Gasteiger partial charge in [0.1, 0.15) is 5.75 Å². The van der Waals surface area contributed by atoms with Crippen molar-refractivity contribution in [3.8, 4) is 5.75 Å². The van der Waals surface area contributed by atoms with Gasteiger partial charge in [0.05, 0.1) is 12.7 Å². The van der Waals surface area contributed by atoms with Crippen LogP contribution in [-0.2, 0) is 14.3 Å². The smallest absolute Gasteiger partial charge is 0.336 e. The number of Topliss-reactive ketones (excluding diaryl/α,β-unsaturated/α-hetero) is 1. The number of methoxy groups -OCH3 is 1. The monoisotopic (exact) mass is 313 g/mol. The fraction of sp³-hybridized carbons (Fsp3) is 0.333. The molecule has 0 saturated carbocycles. The molecular formula is C18H19NO4. The third kappa shape index (κ3) is 2.63. The number of allylic oxidation sites excluding steroid dienone is 3. The van der Waals surface area contributed by atoms with Gasteiger partial charge in [0.25, 0.3) is 0 Å². The second kappa shape index (κ2) is 5.91. The minimum atomic E-state index is -0.452. The molecule has 0 amide bonds. The maximum absolute atomic E-state index is 12.5. The molecule has 3 rings (SSSR count). The van der Waals surface area contributed by atoms with Crippen LogP contribution in [0.5, 0.6) is 5.75 Å². The predicted molar refractivity (Wildman–Crippen MR) is 84.6 cm³/mol. The fourth-order valence-corrected chi connectivity index (χ4v) is 3.36. The number of nitrogens with one attached hydrogen (secondary N) is 1. The number of phenols is 1. The quantitative estimate of drug-likeness (QED) is 0.821. The van der Waals surface area contributed by atoms with Crippen LogP contribution in [0.1, 0.15) is 37.7 Å². The molecule has 23 heavy (non-hydrogen) atoms. The Balaban J connectivity index is 2.18. The van der Waals surface area contributed by atoms with Crippen LogP contribution in [-0.4, -0.2) is 24.0 Å². The van der Waals surface area contributed by atoms with Gasteiger partial charge in [-0.3, -0.25) is 4.79 Å². The van der Waals surface area contributed by atoms with Crippen LogP contribution in [0.4, 0.5) is 0 Å². The highest BCUT2D eigenvalue weighted by molar-refractivity contribution is 6.03. The van der Waals surface area contributed by atoms with E-state index < -0.39 is 11.9 Å². The van der Waals surface area contributed by atoms with Crippen molar-refractivity contribution in [2.45, 2.75) is 32.1 Å². The summed E-state index contributed by atoms with van der Waals surface area (Å²) in [7, 11) is 1.34. The zero-order valence-electron chi connectivity index (χ0n) is 13.2. The lowest BCUT2D eigenvalue weighted by atomic mass is 9.75. The number of aromatic hydroxyl groups is 1. The number of carbonyl (C=O) groups excluding carboxylic acids is 2. The molecule has 1 aromatic rings. The van der Waals surface area contributed by atoms with Gasteiger partial charge in [-0.1, -0.05) is 12.1 Å². The number of phenolic OH excluding ortho intramolecular Hbond substituents is 1. The Bertz CT molecular complexity index is 728. The maximum atomic E-state index is 12.5. The summed E-state index contributed by atoms with van der Waals surface area (Å²) in [6.07, 6.45) is 2.10. The molecule has 1 heterocycles. The second-order valence-corrected chi connectivity index (χ2v) is 5.85. The van der Waals surface area contributed by atoms with E-state index in [1.807, 2.05) is 6.92 Å². The van der Waals surface area contributed by atoms with E-state index in [9.17, 15) is 14.7 Å². The number of hydrogen-bond donors (Lipinski definition) is 2. The number of ether oxygens (including phenoxy) is 1. The molecule has 5 nitrogen and oxygen atoms in total. The Kier molecular flexibility index (Phi) is 3.94. The van der Waals surface area contributed by atoms with E-state index in [-0.39, 0.29) is 11.5 Å². The molecule has 2 N–H and O–H groups in total. The van der Waals surface area contributed by atoms with Gasteiger partial charge in [0.2, 0.25) is 0 Å². The normalized spacial score (nSPS) is 21.0. The van der Waals surface area contributed by atoms with Crippen molar-refractivity contribution in [2.24, 2.45) is 0 Å². The Morgan fingerprint density at radius 1 is 1.26 bits per heavy atom. The number of dihydropyridines is 1. The molecule has 5 heteroatoms. The van der Waals surface area contributed by atoms with Gasteiger partial charge in [-0.25, -0.2) is 4.79 Å². The van der Waals surface area contributed by atoms with E-state index in [4.69, 9.17) is 4.74 Å². The van der Waals surface area contributed by atoms with E-state index in [0.29, 0.717) is 23.3 Å². The third-order valence-electron chi connectivity index (χ3n) is 4.41. The summed E-state index contributed by atoms with van der Waals surface area (Å²) < 4.78 is 4.93. The zero-order valence-corrected chi connectivity index (χ0v) is 13.2. The zero-order chi connectivity index (χ0) is 16.6. The maximum Gasteiger partial charge on any atom is 0.336 e. The molecule has 0 radical (unpaired) electrons. The molecule has 0 aromatic heterocycles. The molecule has 120 valence electrons. The summed E-state index contributed by atoms with van der Waals surface area (Å²) in [6.45, 7) is 1.82. The summed E-state index contributed by atoms with van der Waals surface area (Å²) in [5, 5.41) is 12.7. The van der Waals surface area contributed by atoms with Crippen molar-refractivity contribution < 1.29 is 19.4 Å². The van der Waals surface area contributed by atoms with Crippen molar-refractivity contribution in [3.63, 3.8) is 0 Å². The Morgan fingerprint density at radius 2 is 1.96 bits per heavy atom. The second-order valence-electron chi connectivity index (χ2n) is 5.85. The number of ketones is 1. The SMILES string of the molecule is COC(=O)C1=C(C)NC2=C(C(=O)CCC2)[C@H]1c1ccc(O)cc1. The summed E-state index contributed by atoms with van der Waals surface area (Å²) in [6, 6.07) is 6.62. The highest BCUT2D eigenvalue weighted by atomic mass is 16.5. The van der Waals surface area contributed by atoms with Crippen LogP contribution in [0, 0.1) is 0 Å². The molecule has 1 atom stereocenters. The first kappa shape index (κ1) is 15.3. The summed E-state index contributed by atoms with van der Waals surface area (Å²) >= 11 is 0. The molecular weight excluding hydrogens is 294 g/mol. The topological polar surface area (TPSA) is 75.6 Å². The van der Waals surface area contributed by atoms with E-state index in [1.165, 1.54) is 7.11 Å². The minimum absolute atomic E-state index is 0.0609. The Morgan fingerprint density at radius 3 is 2.61 bits per heavy atom. The number of carbonyl (C=O) groups is 2. The lowest BCUT2D eigenvalue weighted by Crippen LogP contribution is -2.34. The first-order valence-corrected chi connectivity index (χ1v) is 7.64. The van der Waals surface area contributed by atoms with Gasteiger partial charge in [0, 0.05) is 29.3 Å². The van der Waals surface area contributed by atoms with Gasteiger partial charge in [-0.05, 0) is 37.5 Å². The van der Waals surface area contributed by atoms with E-state index in [1.54, 1.807) is 24.3 Å². The van der Waals surface area contributed by atoms with Crippen molar-refractivity contribution in [1.29, 1.82) is 0 Å². The first-order chi connectivity index (χ1) is 11.0. The molecule has 0 saturated heterocycles. The molecule has 0 fully saturated rings. The van der Waals surface area contributed by atoms with Crippen molar-refractivity contribution in [3.05, 3.63) is 52.4 Å². The van der Waals surface area contributed by atoms with Crippen molar-refractivity contribution in [2.75, 3.05) is 7.11 Å². The molecule has 1 aliphatic carbocycles. The summed E-state index contributed by atoms with van der Waals surface area (Å²) in [5.41, 5.74) is 3.50. The van der Waals surface area contributed by atoms with Crippen LogP contribution in [0.2, 0.25) is 0 Å². The third-order valence-corrected chi connectivity index (χ3v) is 4.41. The van der Waals surface area contributed by atoms with Gasteiger partial charge < -0.3 is 15.2 Å². The Hall–Kier alpha value is -2.56. The minimum Gasteiger partial charge on any atom is -0.508 e. The van der Waals surface area contributed by atoms with Crippen LogP contribution in [0.15, 0.2) is 46.8 Å². The highest BCUT2D eigenvalue weighted by Gasteiger charge is 2.38. The molecule has 1 aromatic carbocycles. The van der Waals surface area contributed by atoms with Gasteiger partial charge in [0.15, 0.2) is 5.78 Å². The van der Waals surface area contributed by atoms with Gasteiger partial charge in [-0.2, -0.15) is 0 Å². The standard InChI is InChI=1S/C18H19NO4/c1-10-15(18(22)23-2)16(11-6-8-12(20)9-7-11)17-13(19-10)4-3-5-14(17)21/h6-9,16,19-20H,3-5H2,1-2H3/t16-/m0/s1. The van der Waals surface area contributed by atoms with Gasteiger partial charge in [-0.15, -0.1) is 0 Å². The van der Waals surface area contributed by atoms with E-state index in [2.05, 4.69) is 5.32 Å². The lowest BCUT2D eigenvalue weighted by Gasteiger charge is -2.34. The van der Waals surface area contributed by atoms with Crippen LogP contribution in [0.25, 0.3) is 0 Å². The van der Waals surface area contributed by atoms with E-state index in [0.717, 1.165) is 24.1 Å². The largest absolute Gasteiger partial charge is 0.508 e. The number of rotatable bonds is 2. The number of hydrogen-bond acceptors (Lipinski definition) is 5. The number of esters is 1. The van der Waals surface area contributed by atoms with Gasteiger partial charge >= 0.3 is 5.97 Å². The lowest BCUT2D eigenvalue weighted by molar-refractivity contribution is -0.136. The molecule has 0 bridgehead atoms. The average molecular weight is 313 g/mol. The van der Waals surface area contributed by atoms with E-state index >= 15 is 0 Å². The van der Waals surface area contributed by atoms with Crippen LogP contribution in [0.3, 0.4) is 0 Å². The van der Waals surface area contributed by atoms with Crippen molar-refractivity contribution in [1.82, 2.24) is 5.32 Å². The first-order valence-electron chi connectivity index (χ1n) is 7.64. The fourth-order valence-electron chi connectivity index (χ4n) is 3.36. The highest BCUT2D eigenvalue weighted by Crippen LogP contribution is 2.42. The Labute approximate surface area is 134 Å². The van der Waals surface area contributed by atoms with Crippen LogP contribution < -0.4 is 5.32 Å². The molecule has 1 aliphatic heterocycles. The summed E-state index contributed by atoms with van der Waals surface area (Å²) in [4.78, 5) is 24.8. The molecule has 0 unspecified atom stereocenters. The van der Waals surface area contributed by atoms with Crippen LogP contribution >= 0.6 is 0 Å². The molecule has 0 spiro atoms. The number of benzene rings is 1. The average Bonchev–Trinajstić information content (AvgIpc) is 2.54. The molecule has 2 aliphatic rings.